The molecule has 0 aliphatic carbocycles. The van der Waals surface area contributed by atoms with E-state index in [1.165, 1.54) is 83.0 Å². The molecule has 0 spiro atoms. The zero-order valence-electron chi connectivity index (χ0n) is 66.0. The van der Waals surface area contributed by atoms with E-state index in [1.54, 1.807) is 153 Å². The number of phenols is 4. The monoisotopic (exact) mass is 1650 g/mol. The molecule has 15 aromatic rings. The van der Waals surface area contributed by atoms with Crippen molar-refractivity contribution in [3.63, 3.8) is 0 Å². The van der Waals surface area contributed by atoms with Gasteiger partial charge < -0.3 is 56.2 Å². The topological polar surface area (TPSA) is 518 Å². The second-order valence-electron chi connectivity index (χ2n) is 26.9. The fraction of sp³-hybridized carbons (Fsp3) is 0.106. The summed E-state index contributed by atoms with van der Waals surface area (Å²) in [5.74, 6) is -3.86. The number of fused-ring (bicyclic) bond motifs is 4. The number of imidazole rings is 1. The van der Waals surface area contributed by atoms with Crippen molar-refractivity contribution in [1.29, 1.82) is 5.26 Å². The first-order chi connectivity index (χ1) is 59.4. The van der Waals surface area contributed by atoms with E-state index < -0.39 is 41.1 Å². The van der Waals surface area contributed by atoms with Crippen molar-refractivity contribution in [1.82, 2.24) is 64.2 Å². The molecular weight excluding hydrogens is 1580 g/mol. The van der Waals surface area contributed by atoms with Crippen molar-refractivity contribution in [2.45, 2.75) is 32.9 Å². The van der Waals surface area contributed by atoms with E-state index in [1.807, 2.05) is 57.2 Å². The van der Waals surface area contributed by atoms with Gasteiger partial charge in [-0.2, -0.15) is 20.1 Å². The number of esters is 2. The molecule has 0 bridgehead atoms. The van der Waals surface area contributed by atoms with E-state index in [4.69, 9.17) is 27.0 Å². The summed E-state index contributed by atoms with van der Waals surface area (Å²) in [6.07, 6.45) is 12.1. The van der Waals surface area contributed by atoms with Gasteiger partial charge in [0.15, 0.2) is 52.6 Å². The SMILES string of the molecule is CNC(=O)c1cc2ccccc2c(N=Nc2c(C#N)cnn2C)c1O.COC(=O)c1ccn(-c2ncccn2)c1N=Nc1c(O)c(C(=O)NC(C)(C)C)cc2ccccc12.NC(=O)Cn1cnc(C=O)c1N=Nc1c(O)c(C(=O)Nc2ccccc2)cc2ccccc12.[C-]#[N+]c1cnn(-c2ncccn2)c1N=Nc1c(O)c(C(=O)OC)cc2ccccc12. The molecule has 4 amide bonds. The standard InChI is InChI=1S/C25H24N6O4.C23H18N6O4.C20H13N7O3.C17H14N6O2/c1-25(2,3)28-22(33)18-14-15-8-5-6-9-16(15)19(20(18)32)29-30-21-17(23(34)35-4)10-13-31(21)24-26-11-7-12-27-24;24-19(31)11-29-13-25-18(12-30)22(29)28-27-20-16-9-5-4-6-14(16)10-17(21(20)32)23(33)26-15-7-2-1-3-8-15;1-21-15-11-24-27(20-22-8-5-9-23-20)18(15)26-25-16-13-7-4-3-6-12(13)10-14(17(16)28)19(29)30-2;1-19-17(25)13-7-10-5-3-4-6-12(10)14(15(13)24)21-22-16-11(8-18)9-20-23(16)2/h5-14,32H,1-4H3,(H,28,33);1-10,12-13,32H,11H2,(H2,24,31)(H,26,33);3-11,28H,2H3;3-7,9,24H,1-2H3,(H,19,25). The number of azo groups is 4. The van der Waals surface area contributed by atoms with Gasteiger partial charge in [0, 0.05) is 77.9 Å². The van der Waals surface area contributed by atoms with Crippen LogP contribution in [0.2, 0.25) is 0 Å². The lowest BCUT2D eigenvalue weighted by atomic mass is 10.0. The molecule has 612 valence electrons. The van der Waals surface area contributed by atoms with E-state index in [0.717, 1.165) is 5.39 Å². The predicted octanol–water partition coefficient (Wildman–Crippen LogP) is 15.8. The van der Waals surface area contributed by atoms with Crippen LogP contribution in [0.1, 0.15) is 88.6 Å². The Morgan fingerprint density at radius 2 is 0.976 bits per heavy atom. The lowest BCUT2D eigenvalue weighted by molar-refractivity contribution is -0.118. The van der Waals surface area contributed by atoms with Gasteiger partial charge in [0.2, 0.25) is 11.9 Å². The first kappa shape index (κ1) is 84.6. The van der Waals surface area contributed by atoms with Gasteiger partial charge in [-0.25, -0.2) is 44.0 Å². The zero-order chi connectivity index (χ0) is 87.6. The average Bonchev–Trinajstić information content (AvgIpc) is 1.68. The number of carbonyl (C=O) groups is 7. The third kappa shape index (κ3) is 19.0. The molecule has 6 aromatic heterocycles. The Morgan fingerprint density at radius 3 is 1.45 bits per heavy atom. The van der Waals surface area contributed by atoms with Crippen LogP contribution in [0.5, 0.6) is 23.0 Å². The number of aryl methyl sites for hydroxylation is 1. The van der Waals surface area contributed by atoms with Crippen LogP contribution in [0.15, 0.2) is 260 Å². The highest BCUT2D eigenvalue weighted by molar-refractivity contribution is 6.13. The number of aldehydes is 1. The Balaban J connectivity index is 0.000000151. The molecule has 0 saturated heterocycles. The number of hydrogen-bond donors (Lipinski definition) is 8. The van der Waals surface area contributed by atoms with Gasteiger partial charge in [-0.15, -0.1) is 40.9 Å². The maximum absolute atomic E-state index is 12.9. The predicted molar refractivity (Wildman–Crippen MR) is 448 cm³/mol. The number of methoxy groups -OCH3 is 2. The number of nitrogens with zero attached hydrogens (tertiary/aromatic N) is 21. The van der Waals surface area contributed by atoms with E-state index in [2.05, 4.69) is 96.8 Å². The number of carbonyl (C=O) groups excluding carboxylic acids is 7. The summed E-state index contributed by atoms with van der Waals surface area (Å²) in [7, 11) is 5.59. The molecular formula is C85H69N25O13. The number of anilines is 1. The molecule has 0 radical (unpaired) electrons. The lowest BCUT2D eigenvalue weighted by Crippen LogP contribution is -2.40. The number of aromatic nitrogens is 11. The van der Waals surface area contributed by atoms with Crippen molar-refractivity contribution in [2.75, 3.05) is 26.6 Å². The van der Waals surface area contributed by atoms with Crippen molar-refractivity contribution in [2.24, 2.45) is 53.7 Å². The third-order valence-electron chi connectivity index (χ3n) is 17.8. The van der Waals surface area contributed by atoms with Gasteiger partial charge >= 0.3 is 11.9 Å². The largest absolute Gasteiger partial charge is 0.505 e. The number of phenolic OH excluding ortho intramolecular Hbond substituents is 4. The van der Waals surface area contributed by atoms with Gasteiger partial charge in [0.05, 0.1) is 56.2 Å². The molecule has 15 rings (SSSR count). The van der Waals surface area contributed by atoms with Crippen molar-refractivity contribution in [3.05, 3.63) is 270 Å². The number of nitrogens with two attached hydrogens (primary N) is 1. The number of nitrogens with one attached hydrogen (secondary N) is 3. The molecule has 0 saturated carbocycles. The minimum Gasteiger partial charge on any atom is -0.505 e. The Kier molecular flexibility index (Phi) is 26.0. The number of aromatic hydroxyl groups is 4. The Morgan fingerprint density at radius 1 is 0.537 bits per heavy atom. The highest BCUT2D eigenvalue weighted by Gasteiger charge is 2.27. The van der Waals surface area contributed by atoms with Crippen LogP contribution < -0.4 is 21.7 Å². The summed E-state index contributed by atoms with van der Waals surface area (Å²) in [5.41, 5.74) is 6.17. The van der Waals surface area contributed by atoms with Crippen molar-refractivity contribution < 1.29 is 63.5 Å². The molecule has 0 aliphatic heterocycles. The highest BCUT2D eigenvalue weighted by atomic mass is 16.5. The average molecular weight is 1650 g/mol. The number of para-hydroxylation sites is 1. The number of benzene rings is 9. The fourth-order valence-corrected chi connectivity index (χ4v) is 12.0. The molecule has 0 aliphatic rings. The summed E-state index contributed by atoms with van der Waals surface area (Å²) >= 11 is 0. The van der Waals surface area contributed by atoms with E-state index in [-0.39, 0.29) is 132 Å². The van der Waals surface area contributed by atoms with Crippen LogP contribution in [-0.4, -0.2) is 143 Å². The Labute approximate surface area is 696 Å². The summed E-state index contributed by atoms with van der Waals surface area (Å²) < 4.78 is 15.0. The maximum Gasteiger partial charge on any atom is 0.341 e. The van der Waals surface area contributed by atoms with E-state index in [9.17, 15) is 54.0 Å². The minimum atomic E-state index is -0.709. The molecule has 0 unspecified atom stereocenters. The number of amides is 4. The molecule has 123 heavy (non-hydrogen) atoms. The van der Waals surface area contributed by atoms with Crippen LogP contribution in [0.25, 0.3) is 59.8 Å². The second kappa shape index (κ2) is 37.8. The van der Waals surface area contributed by atoms with E-state index >= 15 is 0 Å². The van der Waals surface area contributed by atoms with Crippen molar-refractivity contribution >= 4 is 142 Å². The normalized spacial score (nSPS) is 11.2. The molecule has 0 atom stereocenters. The fourth-order valence-electron chi connectivity index (χ4n) is 12.0. The third-order valence-corrected chi connectivity index (χ3v) is 17.8. The van der Waals surface area contributed by atoms with E-state index in [0.29, 0.717) is 49.7 Å². The van der Waals surface area contributed by atoms with Gasteiger partial charge in [0.1, 0.15) is 57.7 Å². The Hall–Kier alpha value is -17.8. The number of nitriles is 1. The van der Waals surface area contributed by atoms with Crippen molar-refractivity contribution in [3.8, 4) is 41.0 Å². The smallest absolute Gasteiger partial charge is 0.341 e. The number of ether oxygens (including phenoxy) is 2. The quantitative estimate of drug-likeness (QED) is 0.0161. The summed E-state index contributed by atoms with van der Waals surface area (Å²) in [4.78, 5) is 109. The molecule has 38 nitrogen and oxygen atoms in total. The molecule has 9 aromatic carbocycles. The first-order valence-corrected chi connectivity index (χ1v) is 36.5. The van der Waals surface area contributed by atoms with Gasteiger partial charge in [-0.1, -0.05) is 115 Å². The highest BCUT2D eigenvalue weighted by Crippen LogP contribution is 2.45. The van der Waals surface area contributed by atoms with Crippen LogP contribution in [0.4, 0.5) is 57.4 Å². The zero-order valence-corrected chi connectivity index (χ0v) is 66.0. The van der Waals surface area contributed by atoms with Crippen LogP contribution in [0, 0.1) is 17.9 Å². The number of rotatable bonds is 19. The molecule has 0 fully saturated rings. The summed E-state index contributed by atoms with van der Waals surface area (Å²) in [6.45, 7) is 12.6. The van der Waals surface area contributed by atoms with Crippen LogP contribution in [0.3, 0.4) is 0 Å². The number of hydrogen-bond acceptors (Lipinski definition) is 29. The summed E-state index contributed by atoms with van der Waals surface area (Å²) in [6, 6.07) is 50.3. The van der Waals surface area contributed by atoms with Gasteiger partial charge in [-0.05, 0) is 96.9 Å². The summed E-state index contributed by atoms with van der Waals surface area (Å²) in [5, 5.41) is 107. The molecule has 38 heteroatoms. The van der Waals surface area contributed by atoms with Gasteiger partial charge in [0.25, 0.3) is 29.4 Å². The van der Waals surface area contributed by atoms with Crippen LogP contribution >= 0.6 is 0 Å². The Bertz CT molecular complexity index is 6820. The first-order valence-electron chi connectivity index (χ1n) is 36.5. The molecule has 9 N–H and O–H groups in total. The lowest BCUT2D eigenvalue weighted by Gasteiger charge is -2.21. The number of primary amides is 1. The minimum absolute atomic E-state index is 0.00671. The van der Waals surface area contributed by atoms with Crippen LogP contribution in [-0.2, 0) is 27.9 Å². The van der Waals surface area contributed by atoms with Gasteiger partial charge in [-0.3, -0.25) is 28.5 Å². The molecule has 6 heterocycles. The maximum atomic E-state index is 12.9. The second-order valence-corrected chi connectivity index (χ2v) is 26.9.